The number of halogens is 1. The predicted octanol–water partition coefficient (Wildman–Crippen LogP) is 2.43. The molecule has 2 rings (SSSR count). The van der Waals surface area contributed by atoms with Gasteiger partial charge in [-0.2, -0.15) is 0 Å². The van der Waals surface area contributed by atoms with Gasteiger partial charge in [-0.05, 0) is 38.6 Å². The van der Waals surface area contributed by atoms with Crippen molar-refractivity contribution in [2.45, 2.75) is 26.3 Å². The number of rotatable bonds is 6. The third kappa shape index (κ3) is 5.10. The number of benzene rings is 1. The number of carbonyl (C=O) groups is 1. The fourth-order valence-corrected chi connectivity index (χ4v) is 2.15. The first-order valence-corrected chi connectivity index (χ1v) is 7.47. The first kappa shape index (κ1) is 17.0. The Balaban J connectivity index is 1.87. The van der Waals surface area contributed by atoms with Crippen LogP contribution in [-0.4, -0.2) is 40.4 Å². The quantitative estimate of drug-likeness (QED) is 0.889. The summed E-state index contributed by atoms with van der Waals surface area (Å²) in [4.78, 5) is 22.3. The summed E-state index contributed by atoms with van der Waals surface area (Å²) in [5, 5.41) is 2.71. The van der Waals surface area contributed by atoms with E-state index >= 15 is 0 Å². The fraction of sp³-hybridized carbons (Fsp3) is 0.353. The molecule has 1 amide bonds. The second-order valence-electron chi connectivity index (χ2n) is 5.68. The molecule has 1 atom stereocenters. The van der Waals surface area contributed by atoms with Gasteiger partial charge in [0.1, 0.15) is 5.82 Å². The molecule has 0 saturated heterocycles. The molecule has 0 radical (unpaired) electrons. The van der Waals surface area contributed by atoms with Gasteiger partial charge in [0.2, 0.25) is 5.91 Å². The molecule has 1 heterocycles. The van der Waals surface area contributed by atoms with Crippen LogP contribution in [0.3, 0.4) is 0 Å². The van der Waals surface area contributed by atoms with Crippen molar-refractivity contribution in [2.24, 2.45) is 0 Å². The smallest absolute Gasteiger partial charge is 0.238 e. The molecule has 2 aromatic rings. The Bertz CT molecular complexity index is 663. The molecule has 1 N–H and O–H groups in total. The Hall–Kier alpha value is -2.34. The Morgan fingerprint density at radius 3 is 2.83 bits per heavy atom. The lowest BCUT2D eigenvalue weighted by atomic mass is 10.1. The summed E-state index contributed by atoms with van der Waals surface area (Å²) in [6.07, 6.45) is 5.71. The zero-order valence-corrected chi connectivity index (χ0v) is 13.6. The van der Waals surface area contributed by atoms with E-state index in [0.29, 0.717) is 17.7 Å². The number of anilines is 1. The molecule has 1 unspecified atom stereocenters. The highest BCUT2D eigenvalue weighted by Crippen LogP contribution is 2.13. The van der Waals surface area contributed by atoms with E-state index in [1.54, 1.807) is 37.6 Å². The third-order valence-corrected chi connectivity index (χ3v) is 3.72. The van der Waals surface area contributed by atoms with E-state index < -0.39 is 0 Å². The van der Waals surface area contributed by atoms with Crippen molar-refractivity contribution in [1.29, 1.82) is 0 Å². The minimum Gasteiger partial charge on any atom is -0.325 e. The molecule has 0 saturated carbocycles. The summed E-state index contributed by atoms with van der Waals surface area (Å²) >= 11 is 0. The van der Waals surface area contributed by atoms with Crippen LogP contribution < -0.4 is 5.32 Å². The number of amides is 1. The number of nitrogens with one attached hydrogen (secondary N) is 1. The van der Waals surface area contributed by atoms with Gasteiger partial charge in [0, 0.05) is 36.7 Å². The van der Waals surface area contributed by atoms with Crippen LogP contribution in [0.1, 0.15) is 18.2 Å². The van der Waals surface area contributed by atoms with Crippen LogP contribution >= 0.6 is 0 Å². The van der Waals surface area contributed by atoms with Crippen LogP contribution in [-0.2, 0) is 11.2 Å². The Morgan fingerprint density at radius 1 is 1.39 bits per heavy atom. The zero-order valence-electron chi connectivity index (χ0n) is 13.6. The molecule has 0 fully saturated rings. The lowest BCUT2D eigenvalue weighted by Gasteiger charge is -2.23. The van der Waals surface area contributed by atoms with Crippen LogP contribution in [0.15, 0.2) is 36.8 Å². The van der Waals surface area contributed by atoms with Crippen molar-refractivity contribution in [3.05, 3.63) is 53.9 Å². The van der Waals surface area contributed by atoms with E-state index in [1.807, 2.05) is 18.9 Å². The van der Waals surface area contributed by atoms with Crippen molar-refractivity contribution in [2.75, 3.05) is 18.9 Å². The SMILES string of the molecule is Cc1ccc(NC(=O)CN(C)C(C)Cc2cnccn2)cc1F. The van der Waals surface area contributed by atoms with Crippen LogP contribution in [0.4, 0.5) is 10.1 Å². The predicted molar refractivity (Wildman–Crippen MR) is 87.6 cm³/mol. The number of aromatic nitrogens is 2. The topological polar surface area (TPSA) is 58.1 Å². The summed E-state index contributed by atoms with van der Waals surface area (Å²) in [6, 6.07) is 4.80. The average Bonchev–Trinajstić information content (AvgIpc) is 2.51. The number of carbonyl (C=O) groups excluding carboxylic acids is 1. The van der Waals surface area contributed by atoms with Gasteiger partial charge in [0.05, 0.1) is 12.2 Å². The molecule has 1 aromatic heterocycles. The minimum atomic E-state index is -0.327. The monoisotopic (exact) mass is 316 g/mol. The molecule has 0 aliphatic heterocycles. The Morgan fingerprint density at radius 2 is 2.17 bits per heavy atom. The van der Waals surface area contributed by atoms with E-state index in [0.717, 1.165) is 5.69 Å². The Labute approximate surface area is 135 Å². The first-order valence-electron chi connectivity index (χ1n) is 7.47. The van der Waals surface area contributed by atoms with Crippen LogP contribution in [0.2, 0.25) is 0 Å². The minimum absolute atomic E-state index is 0.132. The van der Waals surface area contributed by atoms with Crippen LogP contribution in [0.5, 0.6) is 0 Å². The molecule has 0 aliphatic rings. The van der Waals surface area contributed by atoms with E-state index in [-0.39, 0.29) is 24.3 Å². The lowest BCUT2D eigenvalue weighted by molar-refractivity contribution is -0.117. The molecular weight excluding hydrogens is 295 g/mol. The van der Waals surface area contributed by atoms with Crippen molar-refractivity contribution >= 4 is 11.6 Å². The van der Waals surface area contributed by atoms with Gasteiger partial charge in [0.25, 0.3) is 0 Å². The fourth-order valence-electron chi connectivity index (χ4n) is 2.15. The number of hydrogen-bond donors (Lipinski definition) is 1. The van der Waals surface area contributed by atoms with Crippen LogP contribution in [0.25, 0.3) is 0 Å². The van der Waals surface area contributed by atoms with Crippen LogP contribution in [0, 0.1) is 12.7 Å². The molecule has 1 aromatic carbocycles. The van der Waals surface area contributed by atoms with E-state index in [4.69, 9.17) is 0 Å². The van der Waals surface area contributed by atoms with Gasteiger partial charge in [-0.25, -0.2) is 4.39 Å². The summed E-state index contributed by atoms with van der Waals surface area (Å²) in [5.74, 6) is -0.506. The molecule has 0 spiro atoms. The summed E-state index contributed by atoms with van der Waals surface area (Å²) in [6.45, 7) is 3.92. The maximum Gasteiger partial charge on any atom is 0.238 e. The van der Waals surface area contributed by atoms with E-state index in [9.17, 15) is 9.18 Å². The number of aryl methyl sites for hydroxylation is 1. The van der Waals surface area contributed by atoms with Crippen molar-refractivity contribution in [3.8, 4) is 0 Å². The van der Waals surface area contributed by atoms with E-state index in [1.165, 1.54) is 6.07 Å². The maximum absolute atomic E-state index is 13.5. The second-order valence-corrected chi connectivity index (χ2v) is 5.68. The van der Waals surface area contributed by atoms with E-state index in [2.05, 4.69) is 15.3 Å². The number of hydrogen-bond acceptors (Lipinski definition) is 4. The highest BCUT2D eigenvalue weighted by molar-refractivity contribution is 5.92. The summed E-state index contributed by atoms with van der Waals surface area (Å²) in [5.41, 5.74) is 1.90. The molecule has 122 valence electrons. The van der Waals surface area contributed by atoms with Gasteiger partial charge < -0.3 is 5.32 Å². The summed E-state index contributed by atoms with van der Waals surface area (Å²) < 4.78 is 13.5. The second kappa shape index (κ2) is 7.78. The van der Waals surface area contributed by atoms with Gasteiger partial charge in [0.15, 0.2) is 0 Å². The lowest BCUT2D eigenvalue weighted by Crippen LogP contribution is -2.37. The average molecular weight is 316 g/mol. The van der Waals surface area contributed by atoms with Crippen molar-refractivity contribution in [1.82, 2.24) is 14.9 Å². The number of likely N-dealkylation sites (N-methyl/N-ethyl adjacent to an activating group) is 1. The molecule has 0 aliphatic carbocycles. The largest absolute Gasteiger partial charge is 0.325 e. The van der Waals surface area contributed by atoms with Gasteiger partial charge >= 0.3 is 0 Å². The highest BCUT2D eigenvalue weighted by atomic mass is 19.1. The molecular formula is C17H21FN4O. The molecule has 23 heavy (non-hydrogen) atoms. The molecule has 5 nitrogen and oxygen atoms in total. The number of nitrogens with zero attached hydrogens (tertiary/aromatic N) is 3. The first-order chi connectivity index (χ1) is 11.0. The van der Waals surface area contributed by atoms with Gasteiger partial charge in [-0.3, -0.25) is 19.7 Å². The molecule has 6 heteroatoms. The zero-order chi connectivity index (χ0) is 16.8. The molecule has 0 bridgehead atoms. The maximum atomic E-state index is 13.5. The van der Waals surface area contributed by atoms with Crippen molar-refractivity contribution < 1.29 is 9.18 Å². The normalized spacial score (nSPS) is 12.2. The summed E-state index contributed by atoms with van der Waals surface area (Å²) in [7, 11) is 1.87. The van der Waals surface area contributed by atoms with Gasteiger partial charge in [-0.15, -0.1) is 0 Å². The Kier molecular flexibility index (Phi) is 5.76. The standard InChI is InChI=1S/C17H21FN4O/c1-12-4-5-14(9-16(12)18)21-17(23)11-22(3)13(2)8-15-10-19-6-7-20-15/h4-7,9-10,13H,8,11H2,1-3H3,(H,21,23). The third-order valence-electron chi connectivity index (χ3n) is 3.72. The van der Waals surface area contributed by atoms with Gasteiger partial charge in [-0.1, -0.05) is 6.07 Å². The highest BCUT2D eigenvalue weighted by Gasteiger charge is 2.14. The van der Waals surface area contributed by atoms with Crippen molar-refractivity contribution in [3.63, 3.8) is 0 Å².